The van der Waals surface area contributed by atoms with E-state index in [2.05, 4.69) is 0 Å². The molecular weight excluding hydrogens is 296 g/mol. The van der Waals surface area contributed by atoms with Crippen LogP contribution >= 0.6 is 11.6 Å². The second-order valence-corrected chi connectivity index (χ2v) is 6.64. The first-order chi connectivity index (χ1) is 9.37. The van der Waals surface area contributed by atoms with Gasteiger partial charge in [0, 0.05) is 10.6 Å². The first-order valence-corrected chi connectivity index (χ1v) is 8.25. The SMILES string of the molecule is Cc1cc(-c2ccccc2Cl)ccc1COS(C)(=O)=O. The average Bonchev–Trinajstić information content (AvgIpc) is 2.37. The van der Waals surface area contributed by atoms with Crippen LogP contribution in [0.15, 0.2) is 42.5 Å². The fourth-order valence-corrected chi connectivity index (χ4v) is 2.48. The smallest absolute Gasteiger partial charge is 0.264 e. The first-order valence-electron chi connectivity index (χ1n) is 6.05. The van der Waals surface area contributed by atoms with Crippen LogP contribution in [0.4, 0.5) is 0 Å². The predicted octanol–water partition coefficient (Wildman–Crippen LogP) is 3.79. The lowest BCUT2D eigenvalue weighted by Gasteiger charge is -2.09. The standard InChI is InChI=1S/C15H15ClO3S/c1-11-9-12(14-5-3-4-6-15(14)16)7-8-13(11)10-19-20(2,17)18/h3-9H,10H2,1-2H3. The Morgan fingerprint density at radius 1 is 1.15 bits per heavy atom. The topological polar surface area (TPSA) is 43.4 Å². The van der Waals surface area contributed by atoms with Crippen LogP contribution in [0, 0.1) is 6.92 Å². The Balaban J connectivity index is 2.29. The maximum atomic E-state index is 11.0. The average molecular weight is 311 g/mol. The molecule has 0 aliphatic heterocycles. The summed E-state index contributed by atoms with van der Waals surface area (Å²) in [6, 6.07) is 13.3. The molecule has 0 aromatic heterocycles. The normalized spacial score (nSPS) is 11.6. The van der Waals surface area contributed by atoms with Crippen molar-refractivity contribution in [2.75, 3.05) is 6.26 Å². The van der Waals surface area contributed by atoms with Crippen molar-refractivity contribution in [2.45, 2.75) is 13.5 Å². The highest BCUT2D eigenvalue weighted by molar-refractivity contribution is 7.85. The molecular formula is C15H15ClO3S. The summed E-state index contributed by atoms with van der Waals surface area (Å²) in [7, 11) is -3.43. The molecule has 0 radical (unpaired) electrons. The van der Waals surface area contributed by atoms with Crippen LogP contribution in [-0.2, 0) is 20.9 Å². The molecule has 0 heterocycles. The molecule has 2 aromatic carbocycles. The van der Waals surface area contributed by atoms with Crippen LogP contribution in [0.1, 0.15) is 11.1 Å². The summed E-state index contributed by atoms with van der Waals surface area (Å²) in [5.74, 6) is 0. The highest BCUT2D eigenvalue weighted by atomic mass is 35.5. The van der Waals surface area contributed by atoms with Crippen molar-refractivity contribution < 1.29 is 12.6 Å². The van der Waals surface area contributed by atoms with E-state index in [1.54, 1.807) is 0 Å². The number of benzene rings is 2. The molecule has 0 atom stereocenters. The van der Waals surface area contributed by atoms with Gasteiger partial charge in [0.25, 0.3) is 10.1 Å². The molecule has 0 spiro atoms. The van der Waals surface area contributed by atoms with Gasteiger partial charge in [-0.3, -0.25) is 4.18 Å². The van der Waals surface area contributed by atoms with Crippen molar-refractivity contribution in [2.24, 2.45) is 0 Å². The largest absolute Gasteiger partial charge is 0.265 e. The molecule has 3 nitrogen and oxygen atoms in total. The minimum absolute atomic E-state index is 0.0491. The second kappa shape index (κ2) is 5.95. The first kappa shape index (κ1) is 15.0. The Kier molecular flexibility index (Phi) is 4.48. The molecule has 2 aromatic rings. The minimum Gasteiger partial charge on any atom is -0.265 e. The summed E-state index contributed by atoms with van der Waals surface area (Å²) in [5, 5.41) is 0.687. The van der Waals surface area contributed by atoms with E-state index in [9.17, 15) is 8.42 Å². The highest BCUT2D eigenvalue weighted by Crippen LogP contribution is 2.29. The van der Waals surface area contributed by atoms with E-state index in [0.29, 0.717) is 5.02 Å². The van der Waals surface area contributed by atoms with Gasteiger partial charge in [-0.1, -0.05) is 48.0 Å². The van der Waals surface area contributed by atoms with E-state index in [4.69, 9.17) is 15.8 Å². The van der Waals surface area contributed by atoms with Gasteiger partial charge in [0.05, 0.1) is 12.9 Å². The van der Waals surface area contributed by atoms with Crippen LogP contribution in [-0.4, -0.2) is 14.7 Å². The summed E-state index contributed by atoms with van der Waals surface area (Å²) >= 11 is 6.17. The van der Waals surface area contributed by atoms with Crippen molar-refractivity contribution in [1.82, 2.24) is 0 Å². The van der Waals surface area contributed by atoms with Crippen molar-refractivity contribution in [3.05, 3.63) is 58.6 Å². The van der Waals surface area contributed by atoms with Gasteiger partial charge in [-0.25, -0.2) is 0 Å². The summed E-state index contributed by atoms with van der Waals surface area (Å²) in [6.07, 6.45) is 1.04. The van der Waals surface area contributed by atoms with E-state index in [1.807, 2.05) is 49.4 Å². The van der Waals surface area contributed by atoms with Gasteiger partial charge in [0.2, 0.25) is 0 Å². The van der Waals surface area contributed by atoms with E-state index in [1.165, 1.54) is 0 Å². The third kappa shape index (κ3) is 3.82. The maximum absolute atomic E-state index is 11.0. The van der Waals surface area contributed by atoms with Gasteiger partial charge >= 0.3 is 0 Å². The number of halogens is 1. The second-order valence-electron chi connectivity index (χ2n) is 4.59. The van der Waals surface area contributed by atoms with Crippen molar-refractivity contribution >= 4 is 21.7 Å². The van der Waals surface area contributed by atoms with Gasteiger partial charge in [-0.2, -0.15) is 8.42 Å². The molecule has 106 valence electrons. The molecule has 0 unspecified atom stereocenters. The summed E-state index contributed by atoms with van der Waals surface area (Å²) < 4.78 is 26.8. The van der Waals surface area contributed by atoms with Gasteiger partial charge in [0.1, 0.15) is 0 Å². The third-order valence-electron chi connectivity index (χ3n) is 2.96. The zero-order valence-electron chi connectivity index (χ0n) is 11.3. The molecule has 0 aliphatic rings. The van der Waals surface area contributed by atoms with E-state index < -0.39 is 10.1 Å². The monoisotopic (exact) mass is 310 g/mol. The Morgan fingerprint density at radius 3 is 2.45 bits per heavy atom. The van der Waals surface area contributed by atoms with Crippen molar-refractivity contribution in [1.29, 1.82) is 0 Å². The highest BCUT2D eigenvalue weighted by Gasteiger charge is 2.08. The number of hydrogen-bond donors (Lipinski definition) is 0. The lowest BCUT2D eigenvalue weighted by atomic mass is 10.0. The quantitative estimate of drug-likeness (QED) is 0.807. The molecule has 0 N–H and O–H groups in total. The van der Waals surface area contributed by atoms with Crippen LogP contribution in [0.2, 0.25) is 5.02 Å². The molecule has 0 amide bonds. The Bertz CT molecular complexity index is 724. The molecule has 0 saturated heterocycles. The zero-order chi connectivity index (χ0) is 14.8. The summed E-state index contributed by atoms with van der Waals surface area (Å²) in [4.78, 5) is 0. The fourth-order valence-electron chi connectivity index (χ4n) is 1.89. The van der Waals surface area contributed by atoms with Crippen LogP contribution in [0.25, 0.3) is 11.1 Å². The molecule has 0 saturated carbocycles. The van der Waals surface area contributed by atoms with Crippen LogP contribution in [0.3, 0.4) is 0 Å². The van der Waals surface area contributed by atoms with Crippen LogP contribution < -0.4 is 0 Å². The third-order valence-corrected chi connectivity index (χ3v) is 3.83. The summed E-state index contributed by atoms with van der Waals surface area (Å²) in [5.41, 5.74) is 3.75. The molecule has 0 bridgehead atoms. The number of hydrogen-bond acceptors (Lipinski definition) is 3. The van der Waals surface area contributed by atoms with E-state index >= 15 is 0 Å². The van der Waals surface area contributed by atoms with E-state index in [0.717, 1.165) is 28.5 Å². The van der Waals surface area contributed by atoms with Gasteiger partial charge in [-0.15, -0.1) is 0 Å². The number of aryl methyl sites for hydroxylation is 1. The Morgan fingerprint density at radius 2 is 1.85 bits per heavy atom. The van der Waals surface area contributed by atoms with Gasteiger partial charge < -0.3 is 0 Å². The van der Waals surface area contributed by atoms with Crippen molar-refractivity contribution in [3.63, 3.8) is 0 Å². The molecule has 5 heteroatoms. The van der Waals surface area contributed by atoms with Gasteiger partial charge in [-0.05, 0) is 29.7 Å². The fraction of sp³-hybridized carbons (Fsp3) is 0.200. The lowest BCUT2D eigenvalue weighted by molar-refractivity contribution is 0.311. The maximum Gasteiger partial charge on any atom is 0.264 e. The summed E-state index contributed by atoms with van der Waals surface area (Å²) in [6.45, 7) is 1.97. The van der Waals surface area contributed by atoms with Gasteiger partial charge in [0.15, 0.2) is 0 Å². The van der Waals surface area contributed by atoms with Crippen molar-refractivity contribution in [3.8, 4) is 11.1 Å². The Hall–Kier alpha value is -1.36. The molecule has 0 fully saturated rings. The molecule has 0 aliphatic carbocycles. The Labute approximate surface area is 124 Å². The van der Waals surface area contributed by atoms with Crippen LogP contribution in [0.5, 0.6) is 0 Å². The molecule has 20 heavy (non-hydrogen) atoms. The minimum atomic E-state index is -3.43. The zero-order valence-corrected chi connectivity index (χ0v) is 12.8. The number of rotatable bonds is 4. The predicted molar refractivity (Wildman–Crippen MR) is 81.3 cm³/mol. The lowest BCUT2D eigenvalue weighted by Crippen LogP contribution is -2.03. The molecule has 2 rings (SSSR count). The van der Waals surface area contributed by atoms with E-state index in [-0.39, 0.29) is 6.61 Å².